The zero-order chi connectivity index (χ0) is 14.8. The second-order valence-corrected chi connectivity index (χ2v) is 6.37. The van der Waals surface area contributed by atoms with Crippen LogP contribution in [-0.4, -0.2) is 53.1 Å². The number of piperazine rings is 1. The number of aromatic nitrogens is 2. The third-order valence-corrected chi connectivity index (χ3v) is 3.73. The summed E-state index contributed by atoms with van der Waals surface area (Å²) in [5.41, 5.74) is 1.27. The molecule has 0 amide bonds. The molecule has 1 aliphatic heterocycles. The summed E-state index contributed by atoms with van der Waals surface area (Å²) in [5.74, 6) is 1.78. The summed E-state index contributed by atoms with van der Waals surface area (Å²) < 4.78 is 0. The second kappa shape index (κ2) is 5.95. The quantitative estimate of drug-likeness (QED) is 0.917. The molecule has 1 fully saturated rings. The van der Waals surface area contributed by atoms with Crippen LogP contribution in [0.4, 0.5) is 11.8 Å². The minimum absolute atomic E-state index is 0.253. The van der Waals surface area contributed by atoms with Crippen molar-refractivity contribution >= 4 is 11.8 Å². The van der Waals surface area contributed by atoms with Crippen LogP contribution in [0.5, 0.6) is 0 Å². The molecule has 0 unspecified atom stereocenters. The van der Waals surface area contributed by atoms with Crippen molar-refractivity contribution in [1.29, 1.82) is 0 Å². The first-order valence-electron chi connectivity index (χ1n) is 7.49. The summed E-state index contributed by atoms with van der Waals surface area (Å²) >= 11 is 0. The summed E-state index contributed by atoms with van der Waals surface area (Å²) in [6, 6.07) is 2.08. The summed E-state index contributed by atoms with van der Waals surface area (Å²) in [4.78, 5) is 13.9. The predicted octanol–water partition coefficient (Wildman–Crippen LogP) is 2.14. The predicted molar refractivity (Wildman–Crippen MR) is 84.5 cm³/mol. The van der Waals surface area contributed by atoms with Crippen molar-refractivity contribution in [2.24, 2.45) is 0 Å². The molecule has 0 saturated carbocycles. The van der Waals surface area contributed by atoms with E-state index < -0.39 is 0 Å². The maximum atomic E-state index is 4.62. The van der Waals surface area contributed by atoms with Crippen LogP contribution in [0.1, 0.15) is 33.4 Å². The molecule has 2 rings (SSSR count). The third-order valence-electron chi connectivity index (χ3n) is 3.73. The molecule has 1 saturated heterocycles. The van der Waals surface area contributed by atoms with E-state index in [-0.39, 0.29) is 5.54 Å². The number of hydrogen-bond donors (Lipinski definition) is 1. The molecule has 1 aromatic heterocycles. The molecule has 0 atom stereocenters. The first-order chi connectivity index (χ1) is 9.40. The van der Waals surface area contributed by atoms with Crippen LogP contribution < -0.4 is 10.2 Å². The van der Waals surface area contributed by atoms with Gasteiger partial charge in [-0.3, -0.25) is 4.90 Å². The lowest BCUT2D eigenvalue weighted by atomic mass is 10.1. The van der Waals surface area contributed by atoms with Gasteiger partial charge < -0.3 is 10.2 Å². The molecular weight excluding hydrogens is 250 g/mol. The number of nitrogens with one attached hydrogen (secondary N) is 1. The van der Waals surface area contributed by atoms with Crippen LogP contribution in [0.25, 0.3) is 0 Å². The van der Waals surface area contributed by atoms with Crippen molar-refractivity contribution in [3.05, 3.63) is 11.8 Å². The highest BCUT2D eigenvalue weighted by atomic mass is 15.3. The molecule has 1 aromatic rings. The first-order valence-corrected chi connectivity index (χ1v) is 7.49. The Morgan fingerprint density at radius 1 is 1.15 bits per heavy atom. The van der Waals surface area contributed by atoms with E-state index in [0.717, 1.165) is 50.2 Å². The zero-order valence-electron chi connectivity index (χ0n) is 13.4. The molecule has 1 aliphatic rings. The maximum absolute atomic E-state index is 4.62. The average Bonchev–Trinajstić information content (AvgIpc) is 2.37. The molecule has 5 nitrogen and oxygen atoms in total. The van der Waals surface area contributed by atoms with Crippen molar-refractivity contribution in [2.45, 2.75) is 40.2 Å². The van der Waals surface area contributed by atoms with E-state index in [4.69, 9.17) is 0 Å². The van der Waals surface area contributed by atoms with Crippen LogP contribution >= 0.6 is 0 Å². The summed E-state index contributed by atoms with van der Waals surface area (Å²) in [7, 11) is 0. The van der Waals surface area contributed by atoms with Crippen molar-refractivity contribution in [3.63, 3.8) is 0 Å². The van der Waals surface area contributed by atoms with Gasteiger partial charge in [0.1, 0.15) is 5.82 Å². The van der Waals surface area contributed by atoms with Gasteiger partial charge in [-0.25, -0.2) is 4.98 Å². The van der Waals surface area contributed by atoms with Crippen molar-refractivity contribution in [1.82, 2.24) is 14.9 Å². The lowest BCUT2D eigenvalue weighted by Gasteiger charge is -2.42. The number of rotatable bonds is 3. The lowest BCUT2D eigenvalue weighted by molar-refractivity contribution is 0.128. The van der Waals surface area contributed by atoms with Gasteiger partial charge in [-0.1, -0.05) is 0 Å². The molecular formula is C15H27N5. The molecule has 2 heterocycles. The largest absolute Gasteiger partial charge is 0.354 e. The Morgan fingerprint density at radius 3 is 2.35 bits per heavy atom. The van der Waals surface area contributed by atoms with Crippen LogP contribution in [0.2, 0.25) is 0 Å². The van der Waals surface area contributed by atoms with Gasteiger partial charge in [-0.2, -0.15) is 4.98 Å². The molecule has 20 heavy (non-hydrogen) atoms. The molecule has 0 radical (unpaired) electrons. The molecule has 1 N–H and O–H groups in total. The lowest BCUT2D eigenvalue weighted by Crippen LogP contribution is -2.53. The smallest absolute Gasteiger partial charge is 0.224 e. The van der Waals surface area contributed by atoms with Gasteiger partial charge in [0.2, 0.25) is 5.95 Å². The standard InChI is InChI=1S/C15H27N5/c1-6-16-14-17-12(2)11-13(18-14)19-7-9-20(10-8-19)15(3,4)5/h11H,6-10H2,1-5H3,(H,16,17,18). The fourth-order valence-electron chi connectivity index (χ4n) is 2.56. The van der Waals surface area contributed by atoms with E-state index in [1.165, 1.54) is 0 Å². The van der Waals surface area contributed by atoms with Crippen molar-refractivity contribution in [2.75, 3.05) is 42.9 Å². The Kier molecular flexibility index (Phi) is 4.48. The van der Waals surface area contributed by atoms with E-state index in [9.17, 15) is 0 Å². The van der Waals surface area contributed by atoms with Crippen LogP contribution in [-0.2, 0) is 0 Å². The highest BCUT2D eigenvalue weighted by Crippen LogP contribution is 2.20. The van der Waals surface area contributed by atoms with Gasteiger partial charge in [0.25, 0.3) is 0 Å². The molecule has 0 aromatic carbocycles. The minimum atomic E-state index is 0.253. The van der Waals surface area contributed by atoms with Gasteiger partial charge in [-0.15, -0.1) is 0 Å². The monoisotopic (exact) mass is 277 g/mol. The van der Waals surface area contributed by atoms with Gasteiger partial charge in [0, 0.05) is 50.0 Å². The Morgan fingerprint density at radius 2 is 1.80 bits per heavy atom. The summed E-state index contributed by atoms with van der Waals surface area (Å²) in [6.45, 7) is 16.0. The van der Waals surface area contributed by atoms with Crippen LogP contribution in [0, 0.1) is 6.92 Å². The van der Waals surface area contributed by atoms with Crippen LogP contribution in [0.15, 0.2) is 6.07 Å². The maximum Gasteiger partial charge on any atom is 0.224 e. The van der Waals surface area contributed by atoms with E-state index in [1.807, 2.05) is 6.92 Å². The van der Waals surface area contributed by atoms with Crippen molar-refractivity contribution in [3.8, 4) is 0 Å². The SMILES string of the molecule is CCNc1nc(C)cc(N2CCN(C(C)(C)C)CC2)n1. The fraction of sp³-hybridized carbons (Fsp3) is 0.733. The summed E-state index contributed by atoms with van der Waals surface area (Å²) in [6.07, 6.45) is 0. The molecule has 0 spiro atoms. The third kappa shape index (κ3) is 3.60. The number of aryl methyl sites for hydroxylation is 1. The zero-order valence-corrected chi connectivity index (χ0v) is 13.4. The van der Waals surface area contributed by atoms with Gasteiger partial charge in [0.05, 0.1) is 0 Å². The Bertz CT molecular complexity index is 444. The van der Waals surface area contributed by atoms with Gasteiger partial charge >= 0.3 is 0 Å². The number of anilines is 2. The van der Waals surface area contributed by atoms with Crippen molar-refractivity contribution < 1.29 is 0 Å². The highest BCUT2D eigenvalue weighted by Gasteiger charge is 2.26. The Balaban J connectivity index is 2.07. The molecule has 0 aliphatic carbocycles. The first kappa shape index (κ1) is 15.0. The molecule has 0 bridgehead atoms. The molecule has 5 heteroatoms. The Labute approximate surface area is 122 Å². The normalized spacial score (nSPS) is 17.4. The number of hydrogen-bond acceptors (Lipinski definition) is 5. The van der Waals surface area contributed by atoms with Crippen LogP contribution in [0.3, 0.4) is 0 Å². The summed E-state index contributed by atoms with van der Waals surface area (Å²) in [5, 5.41) is 3.20. The molecule has 112 valence electrons. The van der Waals surface area contributed by atoms with Gasteiger partial charge in [0.15, 0.2) is 0 Å². The van der Waals surface area contributed by atoms with E-state index in [0.29, 0.717) is 0 Å². The average molecular weight is 277 g/mol. The second-order valence-electron chi connectivity index (χ2n) is 6.37. The van der Waals surface area contributed by atoms with E-state index in [1.54, 1.807) is 0 Å². The van der Waals surface area contributed by atoms with E-state index >= 15 is 0 Å². The van der Waals surface area contributed by atoms with E-state index in [2.05, 4.69) is 58.8 Å². The highest BCUT2D eigenvalue weighted by molar-refractivity contribution is 5.45. The number of nitrogens with zero attached hydrogens (tertiary/aromatic N) is 4. The minimum Gasteiger partial charge on any atom is -0.354 e. The fourth-order valence-corrected chi connectivity index (χ4v) is 2.56. The topological polar surface area (TPSA) is 44.3 Å². The Hall–Kier alpha value is -1.36. The van der Waals surface area contributed by atoms with Gasteiger partial charge in [-0.05, 0) is 34.6 Å².